The molecule has 0 radical (unpaired) electrons. The van der Waals surface area contributed by atoms with Gasteiger partial charge < -0.3 is 10.1 Å². The Labute approximate surface area is 124 Å². The number of hydrogen-bond acceptors (Lipinski definition) is 3. The van der Waals surface area contributed by atoms with E-state index >= 15 is 0 Å². The summed E-state index contributed by atoms with van der Waals surface area (Å²) in [7, 11) is 1.42. The Kier molecular flexibility index (Phi) is 3.76. The van der Waals surface area contributed by atoms with E-state index < -0.39 is 0 Å². The molecule has 3 heteroatoms. The summed E-state index contributed by atoms with van der Waals surface area (Å²) < 4.78 is 4.82. The molecule has 0 amide bonds. The van der Waals surface area contributed by atoms with Crippen molar-refractivity contribution in [1.29, 1.82) is 0 Å². The number of ether oxygens (including phenoxy) is 1. The summed E-state index contributed by atoms with van der Waals surface area (Å²) >= 11 is 0. The lowest BCUT2D eigenvalue weighted by molar-refractivity contribution is 0.0600. The maximum Gasteiger partial charge on any atom is 0.337 e. The number of carbonyl (C=O) groups is 1. The molecule has 21 heavy (non-hydrogen) atoms. The van der Waals surface area contributed by atoms with E-state index in [4.69, 9.17) is 4.74 Å². The third-order valence-corrected chi connectivity index (χ3v) is 4.11. The van der Waals surface area contributed by atoms with Crippen LogP contribution in [-0.2, 0) is 4.74 Å². The molecule has 1 aliphatic heterocycles. The topological polar surface area (TPSA) is 38.3 Å². The fourth-order valence-corrected chi connectivity index (χ4v) is 2.97. The molecule has 0 fully saturated rings. The first kappa shape index (κ1) is 13.8. The molecule has 108 valence electrons. The molecule has 1 aliphatic rings. The van der Waals surface area contributed by atoms with Crippen LogP contribution in [-0.4, -0.2) is 19.6 Å². The fourth-order valence-electron chi connectivity index (χ4n) is 2.97. The van der Waals surface area contributed by atoms with Crippen molar-refractivity contribution < 1.29 is 9.53 Å². The molecule has 0 bridgehead atoms. The predicted octanol–water partition coefficient (Wildman–Crippen LogP) is 3.27. The van der Waals surface area contributed by atoms with Gasteiger partial charge in [0.05, 0.1) is 18.7 Å². The first-order chi connectivity index (χ1) is 10.2. The third kappa shape index (κ3) is 2.57. The zero-order valence-electron chi connectivity index (χ0n) is 12.3. The molecule has 0 aliphatic carbocycles. The summed E-state index contributed by atoms with van der Waals surface area (Å²) in [5.41, 5.74) is 4.34. The molecule has 1 N–H and O–H groups in total. The highest BCUT2D eigenvalue weighted by Crippen LogP contribution is 2.34. The van der Waals surface area contributed by atoms with E-state index in [2.05, 4.69) is 36.5 Å². The highest BCUT2D eigenvalue weighted by atomic mass is 16.5. The molecule has 0 spiro atoms. The SMILES string of the molecule is COC(=O)c1ccc2c(c1)C(C)CNC2c1ccccc1. The van der Waals surface area contributed by atoms with E-state index in [1.807, 2.05) is 24.3 Å². The molecule has 0 aromatic heterocycles. The van der Waals surface area contributed by atoms with Crippen molar-refractivity contribution in [3.8, 4) is 0 Å². The molecule has 3 nitrogen and oxygen atoms in total. The average molecular weight is 281 g/mol. The molecule has 1 heterocycles. The van der Waals surface area contributed by atoms with Crippen molar-refractivity contribution in [1.82, 2.24) is 5.32 Å². The number of methoxy groups -OCH3 is 1. The monoisotopic (exact) mass is 281 g/mol. The highest BCUT2D eigenvalue weighted by Gasteiger charge is 2.26. The molecule has 2 aromatic carbocycles. The van der Waals surface area contributed by atoms with Crippen LogP contribution in [0, 0.1) is 0 Å². The van der Waals surface area contributed by atoms with Gasteiger partial charge in [0, 0.05) is 6.54 Å². The Morgan fingerprint density at radius 2 is 1.90 bits per heavy atom. The number of carbonyl (C=O) groups excluding carboxylic acids is 1. The van der Waals surface area contributed by atoms with E-state index in [1.165, 1.54) is 23.8 Å². The first-order valence-corrected chi connectivity index (χ1v) is 7.21. The van der Waals surface area contributed by atoms with E-state index in [9.17, 15) is 4.79 Å². The molecule has 2 atom stereocenters. The zero-order valence-corrected chi connectivity index (χ0v) is 12.3. The van der Waals surface area contributed by atoms with Crippen molar-refractivity contribution in [3.05, 3.63) is 70.8 Å². The summed E-state index contributed by atoms with van der Waals surface area (Å²) in [6, 6.07) is 16.4. The lowest BCUT2D eigenvalue weighted by Crippen LogP contribution is -2.33. The van der Waals surface area contributed by atoms with E-state index in [-0.39, 0.29) is 12.0 Å². The number of rotatable bonds is 2. The molecule has 3 rings (SSSR count). The van der Waals surface area contributed by atoms with Crippen molar-refractivity contribution in [2.45, 2.75) is 18.9 Å². The number of fused-ring (bicyclic) bond motifs is 1. The Morgan fingerprint density at radius 1 is 1.14 bits per heavy atom. The van der Waals surface area contributed by atoms with Gasteiger partial charge in [0.25, 0.3) is 0 Å². The van der Waals surface area contributed by atoms with Crippen molar-refractivity contribution in [2.75, 3.05) is 13.7 Å². The van der Waals surface area contributed by atoms with Crippen LogP contribution in [0.25, 0.3) is 0 Å². The quantitative estimate of drug-likeness (QED) is 0.859. The fraction of sp³-hybridized carbons (Fsp3) is 0.278. The van der Waals surface area contributed by atoms with Gasteiger partial charge in [-0.3, -0.25) is 0 Å². The first-order valence-electron chi connectivity index (χ1n) is 7.21. The second-order valence-electron chi connectivity index (χ2n) is 5.49. The second-order valence-corrected chi connectivity index (χ2v) is 5.49. The number of nitrogens with one attached hydrogen (secondary N) is 1. The maximum absolute atomic E-state index is 11.7. The van der Waals surface area contributed by atoms with Crippen LogP contribution in [0.4, 0.5) is 0 Å². The Bertz CT molecular complexity index is 652. The van der Waals surface area contributed by atoms with Gasteiger partial charge in [-0.15, -0.1) is 0 Å². The Hall–Kier alpha value is -2.13. The number of esters is 1. The van der Waals surface area contributed by atoms with Gasteiger partial charge in [-0.25, -0.2) is 4.79 Å². The van der Waals surface area contributed by atoms with Crippen LogP contribution < -0.4 is 5.32 Å². The van der Waals surface area contributed by atoms with Crippen molar-refractivity contribution in [3.63, 3.8) is 0 Å². The van der Waals surface area contributed by atoms with Gasteiger partial charge in [-0.1, -0.05) is 43.3 Å². The predicted molar refractivity (Wildman–Crippen MR) is 82.5 cm³/mol. The maximum atomic E-state index is 11.7. The van der Waals surface area contributed by atoms with Crippen LogP contribution in [0.5, 0.6) is 0 Å². The number of hydrogen-bond donors (Lipinski definition) is 1. The van der Waals surface area contributed by atoms with Gasteiger partial charge in [0.2, 0.25) is 0 Å². The van der Waals surface area contributed by atoms with Crippen LogP contribution in [0.3, 0.4) is 0 Å². The second kappa shape index (κ2) is 5.70. The minimum atomic E-state index is -0.278. The highest BCUT2D eigenvalue weighted by molar-refractivity contribution is 5.89. The summed E-state index contributed by atoms with van der Waals surface area (Å²) in [5, 5.41) is 3.59. The minimum Gasteiger partial charge on any atom is -0.465 e. The zero-order chi connectivity index (χ0) is 14.8. The summed E-state index contributed by atoms with van der Waals surface area (Å²) in [5.74, 6) is 0.101. The van der Waals surface area contributed by atoms with E-state index in [0.717, 1.165) is 6.54 Å². The normalized spacial score (nSPS) is 20.7. The molecule has 0 saturated heterocycles. The molecular formula is C18H19NO2. The van der Waals surface area contributed by atoms with Crippen molar-refractivity contribution in [2.24, 2.45) is 0 Å². The van der Waals surface area contributed by atoms with Gasteiger partial charge in [0.1, 0.15) is 0 Å². The molecule has 0 saturated carbocycles. The lowest BCUT2D eigenvalue weighted by Gasteiger charge is -2.31. The van der Waals surface area contributed by atoms with Crippen LogP contribution in [0.1, 0.15) is 45.9 Å². The summed E-state index contributed by atoms with van der Waals surface area (Å²) in [6.07, 6.45) is 0. The Morgan fingerprint density at radius 3 is 2.62 bits per heavy atom. The molecule has 2 aromatic rings. The van der Waals surface area contributed by atoms with Crippen LogP contribution in [0.2, 0.25) is 0 Å². The van der Waals surface area contributed by atoms with Crippen LogP contribution in [0.15, 0.2) is 48.5 Å². The largest absolute Gasteiger partial charge is 0.465 e. The lowest BCUT2D eigenvalue weighted by atomic mass is 9.84. The third-order valence-electron chi connectivity index (χ3n) is 4.11. The smallest absolute Gasteiger partial charge is 0.337 e. The van der Waals surface area contributed by atoms with Gasteiger partial charge in [0.15, 0.2) is 0 Å². The minimum absolute atomic E-state index is 0.184. The van der Waals surface area contributed by atoms with Gasteiger partial charge in [-0.2, -0.15) is 0 Å². The Balaban J connectivity index is 2.05. The molecule has 2 unspecified atom stereocenters. The summed E-state index contributed by atoms with van der Waals surface area (Å²) in [6.45, 7) is 3.07. The van der Waals surface area contributed by atoms with Gasteiger partial charge in [-0.05, 0) is 34.7 Å². The van der Waals surface area contributed by atoms with Gasteiger partial charge >= 0.3 is 5.97 Å². The summed E-state index contributed by atoms with van der Waals surface area (Å²) in [4.78, 5) is 11.7. The van der Waals surface area contributed by atoms with Crippen LogP contribution >= 0.6 is 0 Å². The number of benzene rings is 2. The van der Waals surface area contributed by atoms with E-state index in [0.29, 0.717) is 11.5 Å². The van der Waals surface area contributed by atoms with Crippen molar-refractivity contribution >= 4 is 5.97 Å². The average Bonchev–Trinajstić information content (AvgIpc) is 2.55. The molecular weight excluding hydrogens is 262 g/mol. The standard InChI is InChI=1S/C18H19NO2/c1-12-11-19-17(13-6-4-3-5-7-13)15-9-8-14(10-16(12)15)18(20)21-2/h3-10,12,17,19H,11H2,1-2H3. The van der Waals surface area contributed by atoms with E-state index in [1.54, 1.807) is 0 Å².